The van der Waals surface area contributed by atoms with Gasteiger partial charge in [0.05, 0.1) is 46.6 Å². The van der Waals surface area contributed by atoms with Crippen molar-refractivity contribution < 1.29 is 13.4 Å². The summed E-state index contributed by atoms with van der Waals surface area (Å²) in [5.74, 6) is -1.85. The number of hydrogen-bond acceptors (Lipinski definition) is 6. The summed E-state index contributed by atoms with van der Waals surface area (Å²) in [5.41, 5.74) is 4.54. The third kappa shape index (κ3) is 4.11. The monoisotopic (exact) mass is 560 g/mol. The first kappa shape index (κ1) is 25.5. The van der Waals surface area contributed by atoms with E-state index in [1.165, 1.54) is 0 Å². The lowest BCUT2D eigenvalue weighted by atomic mass is 9.92. The summed E-state index contributed by atoms with van der Waals surface area (Å²) in [6.07, 6.45) is 0. The third-order valence-corrected chi connectivity index (χ3v) is 7.35. The molecule has 0 amide bonds. The Hall–Kier alpha value is -6.50. The second kappa shape index (κ2) is 9.85. The molecule has 0 aliphatic carbocycles. The van der Waals surface area contributed by atoms with E-state index < -0.39 is 11.6 Å². The van der Waals surface area contributed by atoms with E-state index in [2.05, 4.69) is 21.2 Å². The number of hydrogen-bond donors (Lipinski definition) is 0. The highest BCUT2D eigenvalue weighted by molar-refractivity contribution is 6.23. The van der Waals surface area contributed by atoms with Crippen molar-refractivity contribution in [3.05, 3.63) is 119 Å². The van der Waals surface area contributed by atoms with Crippen LogP contribution in [0.3, 0.4) is 0 Å². The molecule has 0 radical (unpaired) electrons. The Balaban J connectivity index is 1.58. The van der Waals surface area contributed by atoms with Crippen LogP contribution in [0.15, 0.2) is 89.6 Å². The maximum atomic E-state index is 15.3. The van der Waals surface area contributed by atoms with Crippen molar-refractivity contribution in [2.24, 2.45) is 0 Å². The molecule has 0 fully saturated rings. The van der Waals surface area contributed by atoms with E-state index in [0.717, 1.165) is 23.3 Å². The highest BCUT2D eigenvalue weighted by Gasteiger charge is 2.24. The smallest absolute Gasteiger partial charge is 0.187 e. The summed E-state index contributed by atoms with van der Waals surface area (Å²) < 4.78 is 35.7. The van der Waals surface area contributed by atoms with Crippen molar-refractivity contribution in [2.75, 3.05) is 0 Å². The molecule has 7 aromatic rings. The van der Waals surface area contributed by atoms with Gasteiger partial charge in [-0.3, -0.25) is 0 Å². The van der Waals surface area contributed by atoms with Crippen LogP contribution < -0.4 is 0 Å². The molecule has 0 unspecified atom stereocenters. The lowest BCUT2D eigenvalue weighted by Crippen LogP contribution is -1.96. The standard InChI is InChI=1S/C34H14F2N6O/c1-39-23-9-6-21(7-10-23)32-25-15-26(31-27(35)12-19(17-38)13-28(31)36)33-34(42-43-41-33)30(25)24-11-8-22(14-29(24)40-32)20-4-2-18(16-37)3-5-20/h2-15H. The van der Waals surface area contributed by atoms with Gasteiger partial charge in [-0.25, -0.2) is 23.2 Å². The molecule has 7 rings (SSSR count). The second-order valence-electron chi connectivity index (χ2n) is 9.77. The van der Waals surface area contributed by atoms with Gasteiger partial charge in [0.2, 0.25) is 0 Å². The van der Waals surface area contributed by atoms with E-state index in [1.54, 1.807) is 48.5 Å². The quantitative estimate of drug-likeness (QED) is 0.159. The number of pyridine rings is 1. The summed E-state index contributed by atoms with van der Waals surface area (Å²) in [6, 6.07) is 27.2. The molecule has 7 nitrogen and oxygen atoms in total. The molecule has 2 heterocycles. The van der Waals surface area contributed by atoms with Crippen LogP contribution in [0.4, 0.5) is 14.5 Å². The number of nitrogens with zero attached hydrogens (tertiary/aromatic N) is 6. The molecule has 200 valence electrons. The largest absolute Gasteiger partial charge is 0.247 e. The molecule has 0 saturated heterocycles. The van der Waals surface area contributed by atoms with E-state index in [-0.39, 0.29) is 27.7 Å². The van der Waals surface area contributed by atoms with Crippen LogP contribution in [0, 0.1) is 40.9 Å². The molecule has 9 heteroatoms. The van der Waals surface area contributed by atoms with Gasteiger partial charge in [0, 0.05) is 21.7 Å². The number of benzene rings is 5. The number of rotatable bonds is 3. The predicted molar refractivity (Wildman–Crippen MR) is 157 cm³/mol. The van der Waals surface area contributed by atoms with Gasteiger partial charge in [-0.15, -0.1) is 0 Å². The van der Waals surface area contributed by atoms with Crippen molar-refractivity contribution >= 4 is 38.4 Å². The Bertz CT molecular complexity index is 2370. The molecule has 2 aromatic heterocycles. The second-order valence-corrected chi connectivity index (χ2v) is 9.77. The molecular formula is C34H14F2N6O. The van der Waals surface area contributed by atoms with Crippen LogP contribution in [0.1, 0.15) is 11.1 Å². The fourth-order valence-electron chi connectivity index (χ4n) is 5.33. The van der Waals surface area contributed by atoms with Gasteiger partial charge < -0.3 is 0 Å². The molecule has 0 saturated carbocycles. The Morgan fingerprint density at radius 2 is 1.35 bits per heavy atom. The Morgan fingerprint density at radius 3 is 2.02 bits per heavy atom. The van der Waals surface area contributed by atoms with E-state index in [0.29, 0.717) is 44.2 Å². The van der Waals surface area contributed by atoms with Crippen LogP contribution in [0.25, 0.3) is 71.1 Å². The molecule has 0 atom stereocenters. The molecule has 0 aliphatic heterocycles. The minimum atomic E-state index is -0.927. The van der Waals surface area contributed by atoms with E-state index in [1.807, 2.05) is 30.3 Å². The van der Waals surface area contributed by atoms with Gasteiger partial charge >= 0.3 is 0 Å². The molecular weight excluding hydrogens is 546 g/mol. The van der Waals surface area contributed by atoms with Gasteiger partial charge in [-0.1, -0.05) is 48.5 Å². The van der Waals surface area contributed by atoms with Crippen molar-refractivity contribution in [1.82, 2.24) is 15.3 Å². The molecule has 5 aromatic carbocycles. The zero-order chi connectivity index (χ0) is 29.7. The zero-order valence-corrected chi connectivity index (χ0v) is 21.9. The molecule has 0 N–H and O–H groups in total. The highest BCUT2D eigenvalue weighted by atomic mass is 19.1. The normalized spacial score (nSPS) is 11.0. The van der Waals surface area contributed by atoms with Crippen molar-refractivity contribution in [2.45, 2.75) is 0 Å². The van der Waals surface area contributed by atoms with Crippen LogP contribution in [0.5, 0.6) is 0 Å². The average Bonchev–Trinajstić information content (AvgIpc) is 3.54. The third-order valence-electron chi connectivity index (χ3n) is 7.35. The minimum Gasteiger partial charge on any atom is -0.247 e. The first-order valence-corrected chi connectivity index (χ1v) is 12.9. The predicted octanol–water partition coefficient (Wildman–Crippen LogP) is 8.50. The molecule has 0 aliphatic rings. The number of fused-ring (bicyclic) bond motifs is 5. The van der Waals surface area contributed by atoms with Gasteiger partial charge in [0.1, 0.15) is 22.7 Å². The van der Waals surface area contributed by atoms with Crippen LogP contribution in [-0.2, 0) is 0 Å². The van der Waals surface area contributed by atoms with E-state index >= 15 is 8.78 Å². The summed E-state index contributed by atoms with van der Waals surface area (Å²) in [4.78, 5) is 8.48. The summed E-state index contributed by atoms with van der Waals surface area (Å²) in [6.45, 7) is 7.33. The first-order chi connectivity index (χ1) is 21.0. The SMILES string of the molecule is [C-]#[N+]c1ccc(-c2nc3cc(-c4ccc(C#N)cc4)ccc3c3c2cc(-c2c(F)cc(C#N)cc2F)c2nonc23)cc1. The van der Waals surface area contributed by atoms with Crippen molar-refractivity contribution in [3.63, 3.8) is 0 Å². The van der Waals surface area contributed by atoms with Crippen LogP contribution in [-0.4, -0.2) is 15.3 Å². The average molecular weight is 561 g/mol. The molecule has 0 bridgehead atoms. The molecule has 0 spiro atoms. The maximum absolute atomic E-state index is 15.3. The van der Waals surface area contributed by atoms with Gasteiger partial charge in [0.15, 0.2) is 5.69 Å². The summed E-state index contributed by atoms with van der Waals surface area (Å²) in [5, 5.41) is 28.4. The van der Waals surface area contributed by atoms with Gasteiger partial charge in [-0.2, -0.15) is 10.5 Å². The van der Waals surface area contributed by atoms with Gasteiger partial charge in [-0.05, 0) is 63.4 Å². The van der Waals surface area contributed by atoms with Crippen LogP contribution >= 0.6 is 0 Å². The zero-order valence-electron chi connectivity index (χ0n) is 21.9. The number of aromatic nitrogens is 3. The number of halogens is 2. The number of nitriles is 2. The van der Waals surface area contributed by atoms with Crippen LogP contribution in [0.2, 0.25) is 0 Å². The minimum absolute atomic E-state index is 0.0950. The fourth-order valence-corrected chi connectivity index (χ4v) is 5.33. The summed E-state index contributed by atoms with van der Waals surface area (Å²) in [7, 11) is 0. The highest BCUT2D eigenvalue weighted by Crippen LogP contribution is 2.42. The van der Waals surface area contributed by atoms with E-state index in [9.17, 15) is 10.5 Å². The van der Waals surface area contributed by atoms with E-state index in [4.69, 9.17) is 16.2 Å². The summed E-state index contributed by atoms with van der Waals surface area (Å²) >= 11 is 0. The molecule has 43 heavy (non-hydrogen) atoms. The fraction of sp³-hybridized carbons (Fsp3) is 0. The topological polar surface area (TPSA) is 104 Å². The lowest BCUT2D eigenvalue weighted by Gasteiger charge is -2.14. The first-order valence-electron chi connectivity index (χ1n) is 12.9. The Labute approximate surface area is 242 Å². The maximum Gasteiger partial charge on any atom is 0.187 e. The van der Waals surface area contributed by atoms with Crippen molar-refractivity contribution in [1.29, 1.82) is 10.5 Å². The lowest BCUT2D eigenvalue weighted by molar-refractivity contribution is 0.316. The van der Waals surface area contributed by atoms with Gasteiger partial charge in [0.25, 0.3) is 0 Å². The van der Waals surface area contributed by atoms with Crippen molar-refractivity contribution in [3.8, 4) is 45.6 Å². The Morgan fingerprint density at radius 1 is 0.698 bits per heavy atom. The Kier molecular flexibility index (Phi) is 5.83.